The Kier molecular flexibility index (Phi) is 6.28. The number of hydrogen-bond acceptors (Lipinski definition) is 3. The second-order valence-corrected chi connectivity index (χ2v) is 5.74. The minimum absolute atomic E-state index is 0.121. The van der Waals surface area contributed by atoms with Gasteiger partial charge in [-0.15, -0.1) is 0 Å². The van der Waals surface area contributed by atoms with Gasteiger partial charge in [0.05, 0.1) is 12.5 Å². The minimum atomic E-state index is -1.03. The van der Waals surface area contributed by atoms with E-state index in [1.165, 1.54) is 32.1 Å². The van der Waals surface area contributed by atoms with E-state index in [1.807, 2.05) is 6.92 Å². The van der Waals surface area contributed by atoms with E-state index in [9.17, 15) is 9.59 Å². The highest BCUT2D eigenvalue weighted by atomic mass is 16.4. The van der Waals surface area contributed by atoms with Crippen molar-refractivity contribution in [3.8, 4) is 0 Å². The number of carbonyl (C=O) groups excluding carboxylic acids is 1. The molecule has 19 heavy (non-hydrogen) atoms. The van der Waals surface area contributed by atoms with Crippen LogP contribution in [0, 0.1) is 5.92 Å². The molecule has 1 rings (SSSR count). The number of nitrogens with zero attached hydrogens (tertiary/aromatic N) is 1. The van der Waals surface area contributed by atoms with Gasteiger partial charge in [0.1, 0.15) is 0 Å². The van der Waals surface area contributed by atoms with Gasteiger partial charge in [0, 0.05) is 13.1 Å². The number of rotatable bonds is 6. The Bertz CT molecular complexity index is 314. The van der Waals surface area contributed by atoms with Crippen molar-refractivity contribution in [2.45, 2.75) is 64.0 Å². The lowest BCUT2D eigenvalue weighted by molar-refractivity contribution is -0.142. The van der Waals surface area contributed by atoms with Crippen LogP contribution in [0.4, 0.5) is 0 Å². The van der Waals surface area contributed by atoms with Crippen LogP contribution in [0.3, 0.4) is 0 Å². The molecule has 3 N–H and O–H groups in total. The Balaban J connectivity index is 2.43. The zero-order valence-electron chi connectivity index (χ0n) is 12.0. The second-order valence-electron chi connectivity index (χ2n) is 5.74. The van der Waals surface area contributed by atoms with Crippen molar-refractivity contribution >= 4 is 11.9 Å². The Labute approximate surface area is 115 Å². The third-order valence-electron chi connectivity index (χ3n) is 4.12. The van der Waals surface area contributed by atoms with Gasteiger partial charge in [0.15, 0.2) is 0 Å². The van der Waals surface area contributed by atoms with E-state index in [1.54, 1.807) is 11.9 Å². The zero-order valence-corrected chi connectivity index (χ0v) is 12.0. The smallest absolute Gasteiger partial charge is 0.305 e. The number of nitrogens with two attached hydrogens (primary N) is 1. The summed E-state index contributed by atoms with van der Waals surface area (Å²) in [5, 5.41) is 8.66. The number of carbonyl (C=O) groups is 2. The molecule has 1 aliphatic carbocycles. The Morgan fingerprint density at radius 3 is 2.42 bits per heavy atom. The van der Waals surface area contributed by atoms with Gasteiger partial charge in [-0.3, -0.25) is 9.59 Å². The van der Waals surface area contributed by atoms with E-state index in [2.05, 4.69) is 0 Å². The Morgan fingerprint density at radius 1 is 1.32 bits per heavy atom. The molecule has 0 saturated heterocycles. The summed E-state index contributed by atoms with van der Waals surface area (Å²) in [6, 6.07) is -0.813. The molecule has 1 fully saturated rings. The quantitative estimate of drug-likeness (QED) is 0.768. The third-order valence-corrected chi connectivity index (χ3v) is 4.12. The third kappa shape index (κ3) is 5.19. The highest BCUT2D eigenvalue weighted by Crippen LogP contribution is 2.28. The molecule has 1 amide bonds. The monoisotopic (exact) mass is 270 g/mol. The van der Waals surface area contributed by atoms with Crippen LogP contribution in [0.15, 0.2) is 0 Å². The van der Waals surface area contributed by atoms with E-state index in [4.69, 9.17) is 10.8 Å². The first-order valence-corrected chi connectivity index (χ1v) is 7.16. The van der Waals surface area contributed by atoms with Crippen molar-refractivity contribution in [2.24, 2.45) is 11.7 Å². The van der Waals surface area contributed by atoms with Crippen LogP contribution in [-0.4, -0.2) is 41.0 Å². The maximum atomic E-state index is 12.0. The van der Waals surface area contributed by atoms with Gasteiger partial charge >= 0.3 is 5.97 Å². The summed E-state index contributed by atoms with van der Waals surface area (Å²) in [6.07, 6.45) is 7.06. The molecule has 0 spiro atoms. The van der Waals surface area contributed by atoms with Crippen molar-refractivity contribution < 1.29 is 14.7 Å². The van der Waals surface area contributed by atoms with Crippen molar-refractivity contribution in [2.75, 3.05) is 7.05 Å². The topological polar surface area (TPSA) is 83.6 Å². The first-order valence-electron chi connectivity index (χ1n) is 7.16. The van der Waals surface area contributed by atoms with E-state index < -0.39 is 12.0 Å². The predicted octanol–water partition coefficient (Wildman–Crippen LogP) is 1.61. The van der Waals surface area contributed by atoms with Crippen LogP contribution < -0.4 is 5.73 Å². The molecule has 0 heterocycles. The SMILES string of the molecule is C[C@H](CC1CCCCC1)N(C)C(=O)[C@H](N)CC(=O)O. The number of amides is 1. The summed E-state index contributed by atoms with van der Waals surface area (Å²) >= 11 is 0. The normalized spacial score (nSPS) is 19.7. The van der Waals surface area contributed by atoms with Crippen molar-refractivity contribution in [1.29, 1.82) is 0 Å². The lowest BCUT2D eigenvalue weighted by atomic mass is 9.85. The van der Waals surface area contributed by atoms with Crippen molar-refractivity contribution in [1.82, 2.24) is 4.90 Å². The summed E-state index contributed by atoms with van der Waals surface area (Å²) in [5.41, 5.74) is 5.62. The summed E-state index contributed by atoms with van der Waals surface area (Å²) < 4.78 is 0. The first-order chi connectivity index (χ1) is 8.91. The average Bonchev–Trinajstić information content (AvgIpc) is 2.37. The molecule has 0 unspecified atom stereocenters. The number of carboxylic acid groups (broad SMARTS) is 1. The zero-order chi connectivity index (χ0) is 14.4. The number of likely N-dealkylation sites (N-methyl/N-ethyl adjacent to an activating group) is 1. The number of carboxylic acids is 1. The van der Waals surface area contributed by atoms with Crippen LogP contribution in [0.1, 0.15) is 51.9 Å². The second kappa shape index (κ2) is 7.48. The molecule has 5 heteroatoms. The molecule has 1 aliphatic rings. The fourth-order valence-electron chi connectivity index (χ4n) is 2.82. The lowest BCUT2D eigenvalue weighted by Gasteiger charge is -2.31. The maximum Gasteiger partial charge on any atom is 0.305 e. The molecule has 0 radical (unpaired) electrons. The van der Waals surface area contributed by atoms with Gasteiger partial charge in [-0.25, -0.2) is 0 Å². The van der Waals surface area contributed by atoms with Crippen molar-refractivity contribution in [3.05, 3.63) is 0 Å². The Hall–Kier alpha value is -1.10. The average molecular weight is 270 g/mol. The summed E-state index contributed by atoms with van der Waals surface area (Å²) in [4.78, 5) is 24.2. The molecule has 5 nitrogen and oxygen atoms in total. The van der Waals surface area contributed by atoms with Crippen LogP contribution in [-0.2, 0) is 9.59 Å². The molecular weight excluding hydrogens is 244 g/mol. The van der Waals surface area contributed by atoms with E-state index in [0.29, 0.717) is 5.92 Å². The van der Waals surface area contributed by atoms with Gasteiger partial charge in [0.25, 0.3) is 0 Å². The fourth-order valence-corrected chi connectivity index (χ4v) is 2.82. The molecule has 2 atom stereocenters. The molecule has 0 aromatic rings. The summed E-state index contributed by atoms with van der Waals surface area (Å²) in [6.45, 7) is 2.01. The highest BCUT2D eigenvalue weighted by molar-refractivity contribution is 5.85. The molecule has 0 aromatic heterocycles. The van der Waals surface area contributed by atoms with Crippen molar-refractivity contribution in [3.63, 3.8) is 0 Å². The van der Waals surface area contributed by atoms with Gasteiger partial charge in [0.2, 0.25) is 5.91 Å². The van der Waals surface area contributed by atoms with Gasteiger partial charge in [-0.2, -0.15) is 0 Å². The minimum Gasteiger partial charge on any atom is -0.481 e. The molecule has 0 bridgehead atoms. The molecule has 1 saturated carbocycles. The number of hydrogen-bond donors (Lipinski definition) is 2. The molecule has 0 aromatic carbocycles. The number of aliphatic carboxylic acids is 1. The van der Waals surface area contributed by atoms with Gasteiger partial charge < -0.3 is 15.7 Å². The molecule has 0 aliphatic heterocycles. The standard InChI is InChI=1S/C14H26N2O3/c1-10(8-11-6-4-3-5-7-11)16(2)14(19)12(15)9-13(17)18/h10-12H,3-9,15H2,1-2H3,(H,17,18)/t10-,12-/m1/s1. The van der Waals surface area contributed by atoms with Crippen LogP contribution in [0.2, 0.25) is 0 Å². The van der Waals surface area contributed by atoms with Gasteiger partial charge in [-0.1, -0.05) is 32.1 Å². The summed E-state index contributed by atoms with van der Waals surface area (Å²) in [5.74, 6) is -0.616. The maximum absolute atomic E-state index is 12.0. The fraction of sp³-hybridized carbons (Fsp3) is 0.857. The Morgan fingerprint density at radius 2 is 1.89 bits per heavy atom. The molecule has 110 valence electrons. The van der Waals surface area contributed by atoms with E-state index >= 15 is 0 Å². The van der Waals surface area contributed by atoms with Crippen LogP contribution >= 0.6 is 0 Å². The first kappa shape index (κ1) is 16.0. The van der Waals surface area contributed by atoms with E-state index in [0.717, 1.165) is 6.42 Å². The predicted molar refractivity (Wildman–Crippen MR) is 73.7 cm³/mol. The van der Waals surface area contributed by atoms with E-state index in [-0.39, 0.29) is 18.4 Å². The van der Waals surface area contributed by atoms with Crippen LogP contribution in [0.5, 0.6) is 0 Å². The van der Waals surface area contributed by atoms with Gasteiger partial charge in [-0.05, 0) is 19.3 Å². The summed E-state index contributed by atoms with van der Waals surface area (Å²) in [7, 11) is 1.72. The highest BCUT2D eigenvalue weighted by Gasteiger charge is 2.26. The van der Waals surface area contributed by atoms with Crippen LogP contribution in [0.25, 0.3) is 0 Å². The largest absolute Gasteiger partial charge is 0.481 e. The lowest BCUT2D eigenvalue weighted by Crippen LogP contribution is -2.47. The molecular formula is C14H26N2O3.